The Morgan fingerprint density at radius 2 is 1.06 bits per heavy atom. The Bertz CT molecular complexity index is 1190. The molecule has 3 aromatic rings. The van der Waals surface area contributed by atoms with Gasteiger partial charge in [-0.2, -0.15) is 0 Å². The van der Waals surface area contributed by atoms with Crippen molar-refractivity contribution in [3.8, 4) is 0 Å². The Hall–Kier alpha value is -2.43. The van der Waals surface area contributed by atoms with Crippen molar-refractivity contribution in [2.45, 2.75) is 54.3 Å². The van der Waals surface area contributed by atoms with E-state index in [9.17, 15) is 0 Å². The molecule has 0 bridgehead atoms. The minimum atomic E-state index is -2.48. The van der Waals surface area contributed by atoms with Crippen molar-refractivity contribution in [3.63, 3.8) is 0 Å². The number of aryl methyl sites for hydroxylation is 1. The van der Waals surface area contributed by atoms with Gasteiger partial charge < -0.3 is 0 Å². The molecule has 0 saturated carbocycles. The first kappa shape index (κ1) is 23.7. The summed E-state index contributed by atoms with van der Waals surface area (Å²) in [6.07, 6.45) is 0. The largest absolute Gasteiger partial charge is 0.176 e. The number of rotatable bonds is 5. The summed E-state index contributed by atoms with van der Waals surface area (Å²) >= 11 is 0. The molecular weight excluding hydrogens is 429 g/mol. The molecule has 0 heterocycles. The van der Waals surface area contributed by atoms with Crippen LogP contribution in [0.2, 0.25) is 19.6 Å². The summed E-state index contributed by atoms with van der Waals surface area (Å²) in [6.45, 7) is 19.2. The van der Waals surface area contributed by atoms with Gasteiger partial charge in [-0.05, 0) is 54.7 Å². The molecule has 0 N–H and O–H groups in total. The lowest BCUT2D eigenvalue weighted by Crippen LogP contribution is -2.70. The van der Waals surface area contributed by atoms with Crippen LogP contribution in [0.25, 0.3) is 0 Å². The fraction of sp³-hybridized carbons (Fsp3) is 0.290. The zero-order chi connectivity index (χ0) is 24.0. The van der Waals surface area contributed by atoms with Crippen molar-refractivity contribution in [1.82, 2.24) is 0 Å². The van der Waals surface area contributed by atoms with E-state index in [1.165, 1.54) is 32.7 Å². The summed E-state index contributed by atoms with van der Waals surface area (Å²) in [5, 5.41) is 7.76. The Balaban J connectivity index is 2.20. The first-order valence-electron chi connectivity index (χ1n) is 12.2. The molecule has 2 heteroatoms. The molecule has 0 aromatic heterocycles. The predicted octanol–water partition coefficient (Wildman–Crippen LogP) is 5.85. The van der Waals surface area contributed by atoms with Crippen LogP contribution in [0.4, 0.5) is 0 Å². The number of benzene rings is 3. The Kier molecular flexibility index (Phi) is 6.28. The fourth-order valence-electron chi connectivity index (χ4n) is 5.75. The minimum absolute atomic E-state index is 0.452. The SMILES string of the molecule is CC1=C(C)C(C)C([Si](c2ccccc2)(c2ccccc2)c2cc(C)cc([Si](C)(C)C)c2)=C1C. The van der Waals surface area contributed by atoms with Crippen LogP contribution in [0.1, 0.15) is 33.3 Å². The van der Waals surface area contributed by atoms with Gasteiger partial charge >= 0.3 is 0 Å². The van der Waals surface area contributed by atoms with E-state index in [0.717, 1.165) is 0 Å². The van der Waals surface area contributed by atoms with Crippen LogP contribution in [0.3, 0.4) is 0 Å². The van der Waals surface area contributed by atoms with E-state index in [4.69, 9.17) is 0 Å². The lowest BCUT2D eigenvalue weighted by atomic mass is 10.1. The smallest absolute Gasteiger partial charge is 0.0656 e. The van der Waals surface area contributed by atoms with Gasteiger partial charge in [0.15, 0.2) is 8.07 Å². The molecule has 0 spiro atoms. The quantitative estimate of drug-likeness (QED) is 0.327. The topological polar surface area (TPSA) is 0 Å². The molecule has 0 amide bonds. The standard InChI is InChI=1S/C31H38Si2/c1-22-19-29(32(6,7)8)21-30(20-22)33(27-15-11-9-12-16-27,28-17-13-10-14-18-28)31-25(4)23(2)24(3)26(31)5/h9-21,25H,1-8H3. The maximum atomic E-state index is 2.60. The summed E-state index contributed by atoms with van der Waals surface area (Å²) < 4.78 is 0. The van der Waals surface area contributed by atoms with Crippen molar-refractivity contribution in [3.05, 3.63) is 106 Å². The molecule has 33 heavy (non-hydrogen) atoms. The van der Waals surface area contributed by atoms with Gasteiger partial charge in [0.2, 0.25) is 0 Å². The highest BCUT2D eigenvalue weighted by Gasteiger charge is 2.48. The van der Waals surface area contributed by atoms with E-state index < -0.39 is 16.1 Å². The van der Waals surface area contributed by atoms with Gasteiger partial charge in [0.1, 0.15) is 0 Å². The van der Waals surface area contributed by atoms with Gasteiger partial charge in [0.25, 0.3) is 0 Å². The molecule has 0 radical (unpaired) electrons. The lowest BCUT2D eigenvalue weighted by molar-refractivity contribution is 0.851. The van der Waals surface area contributed by atoms with E-state index in [2.05, 4.69) is 133 Å². The van der Waals surface area contributed by atoms with Crippen LogP contribution in [-0.2, 0) is 0 Å². The normalized spacial score (nSPS) is 17.2. The van der Waals surface area contributed by atoms with Crippen LogP contribution in [0, 0.1) is 12.8 Å². The molecule has 1 aliphatic carbocycles. The molecule has 0 saturated heterocycles. The maximum absolute atomic E-state index is 2.60. The van der Waals surface area contributed by atoms with E-state index in [0.29, 0.717) is 5.92 Å². The molecule has 1 unspecified atom stereocenters. The maximum Gasteiger partial charge on any atom is 0.176 e. The molecule has 3 aromatic carbocycles. The molecule has 4 rings (SSSR count). The summed E-state index contributed by atoms with van der Waals surface area (Å²) in [5.74, 6) is 0.452. The molecule has 0 nitrogen and oxygen atoms in total. The van der Waals surface area contributed by atoms with Crippen LogP contribution in [-0.4, -0.2) is 16.1 Å². The third kappa shape index (κ3) is 3.94. The summed E-state index contributed by atoms with van der Waals surface area (Å²) in [7, 11) is -3.96. The van der Waals surface area contributed by atoms with Crippen molar-refractivity contribution in [2.75, 3.05) is 0 Å². The molecule has 170 valence electrons. The van der Waals surface area contributed by atoms with E-state index in [1.54, 1.807) is 15.6 Å². The Labute approximate surface area is 203 Å². The highest BCUT2D eigenvalue weighted by atomic mass is 28.3. The van der Waals surface area contributed by atoms with Crippen molar-refractivity contribution in [1.29, 1.82) is 0 Å². The molecule has 1 aliphatic rings. The third-order valence-corrected chi connectivity index (χ3v) is 15.0. The Morgan fingerprint density at radius 3 is 1.48 bits per heavy atom. The monoisotopic (exact) mass is 466 g/mol. The first-order chi connectivity index (χ1) is 15.6. The van der Waals surface area contributed by atoms with Crippen molar-refractivity contribution >= 4 is 36.9 Å². The van der Waals surface area contributed by atoms with E-state index in [-0.39, 0.29) is 0 Å². The molecule has 0 aliphatic heterocycles. The van der Waals surface area contributed by atoms with E-state index in [1.807, 2.05) is 0 Å². The number of allylic oxidation sites excluding steroid dienone is 4. The molecule has 1 atom stereocenters. The van der Waals surface area contributed by atoms with Gasteiger partial charge in [-0.1, -0.05) is 133 Å². The zero-order valence-electron chi connectivity index (χ0n) is 21.6. The summed E-state index contributed by atoms with van der Waals surface area (Å²) in [4.78, 5) is 0. The lowest BCUT2D eigenvalue weighted by Gasteiger charge is -2.39. The molecular formula is C31H38Si2. The highest BCUT2D eigenvalue weighted by molar-refractivity contribution is 7.16. The second-order valence-electron chi connectivity index (χ2n) is 10.9. The minimum Gasteiger partial charge on any atom is -0.0656 e. The van der Waals surface area contributed by atoms with Gasteiger partial charge in [0.05, 0.1) is 8.07 Å². The second kappa shape index (κ2) is 8.74. The average Bonchev–Trinajstić information content (AvgIpc) is 2.98. The van der Waals surface area contributed by atoms with Crippen LogP contribution in [0.15, 0.2) is 101 Å². The van der Waals surface area contributed by atoms with Crippen LogP contribution in [0.5, 0.6) is 0 Å². The average molecular weight is 467 g/mol. The first-order valence-corrected chi connectivity index (χ1v) is 17.7. The van der Waals surface area contributed by atoms with E-state index >= 15 is 0 Å². The Morgan fingerprint density at radius 1 is 0.576 bits per heavy atom. The predicted molar refractivity (Wildman–Crippen MR) is 152 cm³/mol. The molecule has 0 fully saturated rings. The van der Waals surface area contributed by atoms with Crippen molar-refractivity contribution < 1.29 is 0 Å². The fourth-order valence-corrected chi connectivity index (χ4v) is 12.9. The highest BCUT2D eigenvalue weighted by Crippen LogP contribution is 2.41. The number of hydrogen-bond acceptors (Lipinski definition) is 0. The number of hydrogen-bond donors (Lipinski definition) is 0. The summed E-state index contributed by atoms with van der Waals surface area (Å²) in [5.41, 5.74) is 5.91. The van der Waals surface area contributed by atoms with Gasteiger partial charge in [-0.25, -0.2) is 0 Å². The van der Waals surface area contributed by atoms with Crippen LogP contribution >= 0.6 is 0 Å². The van der Waals surface area contributed by atoms with Gasteiger partial charge in [0, 0.05) is 0 Å². The second-order valence-corrected chi connectivity index (χ2v) is 19.7. The van der Waals surface area contributed by atoms with Crippen molar-refractivity contribution in [2.24, 2.45) is 5.92 Å². The third-order valence-electron chi connectivity index (χ3n) is 7.83. The van der Waals surface area contributed by atoms with Gasteiger partial charge in [-0.15, -0.1) is 0 Å². The zero-order valence-corrected chi connectivity index (χ0v) is 23.6. The van der Waals surface area contributed by atoms with Gasteiger partial charge in [-0.3, -0.25) is 0 Å². The van der Waals surface area contributed by atoms with Crippen LogP contribution < -0.4 is 20.7 Å². The summed E-state index contributed by atoms with van der Waals surface area (Å²) in [6, 6.07) is 30.4.